The standard InChI is InChI=1S/C18H21FN2O3S/c1-25(23,24)21(17-7-3-2-4-8-17)14-18(22)20-13-5-6-15-9-11-16(19)12-10-15/h2-4,7-12H,5-6,13-14H2,1H3,(H,20,22). The number of amides is 1. The fraction of sp³-hybridized carbons (Fsp3) is 0.278. The second kappa shape index (κ2) is 8.62. The van der Waals surface area contributed by atoms with E-state index in [0.717, 1.165) is 16.1 Å². The number of anilines is 1. The summed E-state index contributed by atoms with van der Waals surface area (Å²) < 4.78 is 37.7. The van der Waals surface area contributed by atoms with Gasteiger partial charge in [-0.05, 0) is 42.7 Å². The number of sulfonamides is 1. The predicted molar refractivity (Wildman–Crippen MR) is 96.4 cm³/mol. The van der Waals surface area contributed by atoms with E-state index in [4.69, 9.17) is 0 Å². The lowest BCUT2D eigenvalue weighted by atomic mass is 10.1. The lowest BCUT2D eigenvalue weighted by Gasteiger charge is -2.21. The first kappa shape index (κ1) is 18.9. The highest BCUT2D eigenvalue weighted by molar-refractivity contribution is 7.92. The molecule has 0 aliphatic heterocycles. The van der Waals surface area contributed by atoms with Crippen LogP contribution < -0.4 is 9.62 Å². The third-order valence-electron chi connectivity index (χ3n) is 3.61. The Bertz CT molecular complexity index is 793. The summed E-state index contributed by atoms with van der Waals surface area (Å²) in [6.45, 7) is 0.155. The molecule has 134 valence electrons. The number of rotatable bonds is 8. The minimum atomic E-state index is -3.55. The molecule has 0 fully saturated rings. The summed E-state index contributed by atoms with van der Waals surface area (Å²) in [7, 11) is -3.55. The molecule has 0 saturated heterocycles. The van der Waals surface area contributed by atoms with Crippen LogP contribution in [-0.4, -0.2) is 33.7 Å². The summed E-state index contributed by atoms with van der Waals surface area (Å²) in [6, 6.07) is 14.7. The highest BCUT2D eigenvalue weighted by Gasteiger charge is 2.20. The van der Waals surface area contributed by atoms with E-state index < -0.39 is 10.0 Å². The van der Waals surface area contributed by atoms with Crippen molar-refractivity contribution in [2.24, 2.45) is 0 Å². The van der Waals surface area contributed by atoms with Gasteiger partial charge in [-0.25, -0.2) is 12.8 Å². The molecule has 1 amide bonds. The van der Waals surface area contributed by atoms with E-state index in [2.05, 4.69) is 5.32 Å². The molecule has 0 aliphatic rings. The Hall–Kier alpha value is -2.41. The molecule has 0 radical (unpaired) electrons. The Labute approximate surface area is 147 Å². The summed E-state index contributed by atoms with van der Waals surface area (Å²) in [5.41, 5.74) is 1.43. The van der Waals surface area contributed by atoms with Gasteiger partial charge in [-0.2, -0.15) is 0 Å². The van der Waals surface area contributed by atoms with Crippen molar-refractivity contribution in [2.75, 3.05) is 23.7 Å². The van der Waals surface area contributed by atoms with Gasteiger partial charge in [0.2, 0.25) is 15.9 Å². The van der Waals surface area contributed by atoms with Crippen LogP contribution in [0, 0.1) is 5.82 Å². The molecule has 7 heteroatoms. The Kier molecular flexibility index (Phi) is 6.52. The molecule has 0 unspecified atom stereocenters. The van der Waals surface area contributed by atoms with Gasteiger partial charge in [-0.1, -0.05) is 30.3 Å². The molecular weight excluding hydrogens is 343 g/mol. The first-order valence-electron chi connectivity index (χ1n) is 7.90. The first-order chi connectivity index (χ1) is 11.9. The van der Waals surface area contributed by atoms with Gasteiger partial charge in [-0.15, -0.1) is 0 Å². The van der Waals surface area contributed by atoms with E-state index >= 15 is 0 Å². The zero-order valence-electron chi connectivity index (χ0n) is 14.0. The molecule has 0 saturated carbocycles. The number of aryl methyl sites for hydroxylation is 1. The van der Waals surface area contributed by atoms with Gasteiger partial charge in [-0.3, -0.25) is 9.10 Å². The summed E-state index contributed by atoms with van der Waals surface area (Å²) in [5, 5.41) is 2.72. The maximum atomic E-state index is 12.8. The van der Waals surface area contributed by atoms with Crippen molar-refractivity contribution in [3.8, 4) is 0 Å². The number of hydrogen-bond donors (Lipinski definition) is 1. The fourth-order valence-corrected chi connectivity index (χ4v) is 3.21. The van der Waals surface area contributed by atoms with Gasteiger partial charge in [0.1, 0.15) is 12.4 Å². The van der Waals surface area contributed by atoms with Crippen LogP contribution in [0.3, 0.4) is 0 Å². The van der Waals surface area contributed by atoms with Crippen LogP contribution in [0.5, 0.6) is 0 Å². The van der Waals surface area contributed by atoms with Crippen molar-refractivity contribution < 1.29 is 17.6 Å². The third kappa shape index (κ3) is 6.19. The molecule has 2 rings (SSSR count). The van der Waals surface area contributed by atoms with Crippen LogP contribution in [0.1, 0.15) is 12.0 Å². The lowest BCUT2D eigenvalue weighted by Crippen LogP contribution is -2.40. The lowest BCUT2D eigenvalue weighted by molar-refractivity contribution is -0.119. The van der Waals surface area contributed by atoms with E-state index in [1.165, 1.54) is 12.1 Å². The molecule has 0 heterocycles. The van der Waals surface area contributed by atoms with E-state index in [1.54, 1.807) is 42.5 Å². The van der Waals surface area contributed by atoms with E-state index in [0.29, 0.717) is 25.1 Å². The zero-order valence-corrected chi connectivity index (χ0v) is 14.8. The van der Waals surface area contributed by atoms with Gasteiger partial charge in [0, 0.05) is 6.54 Å². The molecular formula is C18H21FN2O3S. The van der Waals surface area contributed by atoms with Gasteiger partial charge in [0.15, 0.2) is 0 Å². The predicted octanol–water partition coefficient (Wildman–Crippen LogP) is 2.34. The number of para-hydroxylation sites is 1. The second-order valence-electron chi connectivity index (χ2n) is 5.69. The summed E-state index contributed by atoms with van der Waals surface area (Å²) >= 11 is 0. The number of hydrogen-bond acceptors (Lipinski definition) is 3. The second-order valence-corrected chi connectivity index (χ2v) is 7.59. The topological polar surface area (TPSA) is 66.5 Å². The number of nitrogens with zero attached hydrogens (tertiary/aromatic N) is 1. The minimum absolute atomic E-state index is 0.264. The van der Waals surface area contributed by atoms with Crippen LogP contribution >= 0.6 is 0 Å². The largest absolute Gasteiger partial charge is 0.355 e. The average molecular weight is 364 g/mol. The highest BCUT2D eigenvalue weighted by atomic mass is 32.2. The molecule has 5 nitrogen and oxygen atoms in total. The third-order valence-corrected chi connectivity index (χ3v) is 4.75. The maximum absolute atomic E-state index is 12.8. The quantitative estimate of drug-likeness (QED) is 0.731. The summed E-state index contributed by atoms with van der Waals surface area (Å²) in [4.78, 5) is 12.1. The fourth-order valence-electron chi connectivity index (χ4n) is 2.35. The van der Waals surface area contributed by atoms with Crippen molar-refractivity contribution in [1.82, 2.24) is 5.32 Å². The molecule has 0 aromatic heterocycles. The average Bonchev–Trinajstić information content (AvgIpc) is 2.58. The molecule has 2 aromatic rings. The first-order valence-corrected chi connectivity index (χ1v) is 9.75. The highest BCUT2D eigenvalue weighted by Crippen LogP contribution is 2.16. The van der Waals surface area contributed by atoms with Gasteiger partial charge in [0.05, 0.1) is 11.9 Å². The Morgan fingerprint density at radius 1 is 1.08 bits per heavy atom. The Morgan fingerprint density at radius 2 is 1.72 bits per heavy atom. The number of halogens is 1. The SMILES string of the molecule is CS(=O)(=O)N(CC(=O)NCCCc1ccc(F)cc1)c1ccccc1. The van der Waals surface area contributed by atoms with Gasteiger partial charge >= 0.3 is 0 Å². The van der Waals surface area contributed by atoms with Crippen molar-refractivity contribution in [1.29, 1.82) is 0 Å². The normalized spacial score (nSPS) is 11.1. The van der Waals surface area contributed by atoms with Crippen LogP contribution in [0.25, 0.3) is 0 Å². The van der Waals surface area contributed by atoms with Gasteiger partial charge in [0.25, 0.3) is 0 Å². The Morgan fingerprint density at radius 3 is 2.32 bits per heavy atom. The van der Waals surface area contributed by atoms with Crippen LogP contribution in [0.4, 0.5) is 10.1 Å². The number of nitrogens with one attached hydrogen (secondary N) is 1. The van der Waals surface area contributed by atoms with Crippen LogP contribution in [0.15, 0.2) is 54.6 Å². The van der Waals surface area contributed by atoms with Gasteiger partial charge < -0.3 is 5.32 Å². The van der Waals surface area contributed by atoms with Crippen molar-refractivity contribution in [2.45, 2.75) is 12.8 Å². The smallest absolute Gasteiger partial charge is 0.240 e. The molecule has 0 bridgehead atoms. The van der Waals surface area contributed by atoms with E-state index in [1.807, 2.05) is 0 Å². The van der Waals surface area contributed by atoms with Crippen LogP contribution in [0.2, 0.25) is 0 Å². The number of benzene rings is 2. The monoisotopic (exact) mass is 364 g/mol. The number of carbonyl (C=O) groups excluding carboxylic acids is 1. The minimum Gasteiger partial charge on any atom is -0.355 e. The molecule has 0 spiro atoms. The molecule has 2 aromatic carbocycles. The summed E-state index contributed by atoms with van der Waals surface area (Å²) in [5.74, 6) is -0.646. The van der Waals surface area contributed by atoms with Crippen molar-refractivity contribution in [3.63, 3.8) is 0 Å². The van der Waals surface area contributed by atoms with Crippen molar-refractivity contribution in [3.05, 3.63) is 66.0 Å². The van der Waals surface area contributed by atoms with E-state index in [9.17, 15) is 17.6 Å². The molecule has 1 N–H and O–H groups in total. The molecule has 25 heavy (non-hydrogen) atoms. The zero-order chi connectivity index (χ0) is 18.3. The van der Waals surface area contributed by atoms with Crippen LogP contribution in [-0.2, 0) is 21.2 Å². The van der Waals surface area contributed by atoms with Crippen molar-refractivity contribution >= 4 is 21.6 Å². The molecule has 0 aliphatic carbocycles. The Balaban J connectivity index is 1.84. The maximum Gasteiger partial charge on any atom is 0.240 e. The van der Waals surface area contributed by atoms with E-state index in [-0.39, 0.29) is 18.3 Å². The number of carbonyl (C=O) groups is 1. The molecule has 0 atom stereocenters. The summed E-state index contributed by atoms with van der Waals surface area (Å²) in [6.07, 6.45) is 2.46.